The molecule has 0 atom stereocenters. The fourth-order valence-corrected chi connectivity index (χ4v) is 3.36. The van der Waals surface area contributed by atoms with Gasteiger partial charge in [-0.1, -0.05) is 0 Å². The van der Waals surface area contributed by atoms with Crippen LogP contribution in [0.15, 0.2) is 28.5 Å². The van der Waals surface area contributed by atoms with E-state index in [4.69, 9.17) is 4.74 Å². The van der Waals surface area contributed by atoms with Gasteiger partial charge in [-0.25, -0.2) is 4.79 Å². The minimum Gasteiger partial charge on any atom is -0.465 e. The van der Waals surface area contributed by atoms with Gasteiger partial charge in [-0.15, -0.1) is 11.3 Å². The van der Waals surface area contributed by atoms with Crippen molar-refractivity contribution >= 4 is 28.2 Å². The summed E-state index contributed by atoms with van der Waals surface area (Å²) in [4.78, 5) is 36.0. The Balaban J connectivity index is 1.90. The first-order valence-corrected chi connectivity index (χ1v) is 8.07. The number of hydrogen-bond donors (Lipinski definition) is 1. The Labute approximate surface area is 136 Å². The van der Waals surface area contributed by atoms with Crippen molar-refractivity contribution in [2.45, 2.75) is 18.8 Å². The second-order valence-corrected chi connectivity index (χ2v) is 6.36. The molecule has 2 heterocycles. The summed E-state index contributed by atoms with van der Waals surface area (Å²) in [6, 6.07) is 2.83. The number of aryl methyl sites for hydroxylation is 1. The summed E-state index contributed by atoms with van der Waals surface area (Å²) in [5.74, 6) is -0.500. The van der Waals surface area contributed by atoms with Gasteiger partial charge < -0.3 is 14.6 Å². The van der Waals surface area contributed by atoms with Gasteiger partial charge in [0.05, 0.1) is 12.7 Å². The van der Waals surface area contributed by atoms with E-state index < -0.39 is 11.9 Å². The minimum atomic E-state index is -0.451. The van der Waals surface area contributed by atoms with Crippen LogP contribution in [0.2, 0.25) is 0 Å². The third-order valence-electron chi connectivity index (χ3n) is 3.82. The van der Waals surface area contributed by atoms with E-state index in [1.54, 1.807) is 13.1 Å². The Hall–Kier alpha value is -2.41. The summed E-state index contributed by atoms with van der Waals surface area (Å²) < 4.78 is 6.22. The number of nitrogens with zero attached hydrogens (tertiary/aromatic N) is 1. The highest BCUT2D eigenvalue weighted by molar-refractivity contribution is 7.15. The molecule has 7 heteroatoms. The highest BCUT2D eigenvalue weighted by atomic mass is 32.1. The van der Waals surface area contributed by atoms with Gasteiger partial charge in [0.15, 0.2) is 0 Å². The zero-order valence-electron chi connectivity index (χ0n) is 12.8. The lowest BCUT2D eigenvalue weighted by Crippen LogP contribution is -2.20. The van der Waals surface area contributed by atoms with E-state index in [-0.39, 0.29) is 11.1 Å². The van der Waals surface area contributed by atoms with E-state index in [0.29, 0.717) is 16.5 Å². The molecular weight excluding hydrogens is 316 g/mol. The molecule has 0 aromatic carbocycles. The number of methoxy groups -OCH3 is 1. The van der Waals surface area contributed by atoms with E-state index in [0.717, 1.165) is 18.4 Å². The van der Waals surface area contributed by atoms with Gasteiger partial charge in [0.2, 0.25) is 0 Å². The molecule has 2 aromatic heterocycles. The molecule has 0 radical (unpaired) electrons. The molecule has 1 fully saturated rings. The number of rotatable bonds is 4. The molecule has 1 N–H and O–H groups in total. The first-order chi connectivity index (χ1) is 11.0. The van der Waals surface area contributed by atoms with Gasteiger partial charge in [0.25, 0.3) is 11.5 Å². The molecule has 1 aliphatic carbocycles. The van der Waals surface area contributed by atoms with Gasteiger partial charge in [0, 0.05) is 24.9 Å². The number of pyridine rings is 1. The molecule has 0 spiro atoms. The van der Waals surface area contributed by atoms with E-state index in [1.807, 2.05) is 5.38 Å². The van der Waals surface area contributed by atoms with Crippen molar-refractivity contribution in [3.05, 3.63) is 50.8 Å². The van der Waals surface area contributed by atoms with Gasteiger partial charge in [-0.2, -0.15) is 0 Å². The Morgan fingerprint density at radius 1 is 1.39 bits per heavy atom. The molecule has 1 saturated carbocycles. The number of hydrogen-bond acceptors (Lipinski definition) is 5. The number of nitrogens with one attached hydrogen (secondary N) is 1. The smallest absolute Gasteiger partial charge is 0.341 e. The van der Waals surface area contributed by atoms with Crippen LogP contribution in [-0.4, -0.2) is 23.6 Å². The maximum atomic E-state index is 12.3. The van der Waals surface area contributed by atoms with Crippen molar-refractivity contribution in [2.75, 3.05) is 12.4 Å². The number of amides is 1. The van der Waals surface area contributed by atoms with E-state index >= 15 is 0 Å². The van der Waals surface area contributed by atoms with Gasteiger partial charge in [0.1, 0.15) is 5.00 Å². The van der Waals surface area contributed by atoms with Gasteiger partial charge in [-0.3, -0.25) is 9.59 Å². The molecule has 6 nitrogen and oxygen atoms in total. The van der Waals surface area contributed by atoms with Crippen LogP contribution in [0.1, 0.15) is 45.0 Å². The van der Waals surface area contributed by atoms with Crippen LogP contribution >= 0.6 is 11.3 Å². The third kappa shape index (κ3) is 3.05. The second kappa shape index (κ2) is 6.00. The molecule has 0 saturated heterocycles. The molecule has 0 unspecified atom stereocenters. The SMILES string of the molecule is COC(=O)c1c(C2CC2)csc1NC(=O)c1ccn(C)c(=O)c1. The molecule has 0 bridgehead atoms. The standard InChI is InChI=1S/C16H16N2O4S/c1-18-6-5-10(7-12(18)19)14(20)17-15-13(16(21)22-2)11(8-23-15)9-3-4-9/h5-9H,3-4H2,1-2H3,(H,17,20). The van der Waals surface area contributed by atoms with Crippen molar-refractivity contribution in [1.82, 2.24) is 4.57 Å². The monoisotopic (exact) mass is 332 g/mol. The zero-order valence-corrected chi connectivity index (χ0v) is 13.6. The number of carbonyl (C=O) groups is 2. The minimum absolute atomic E-state index is 0.255. The largest absolute Gasteiger partial charge is 0.465 e. The van der Waals surface area contributed by atoms with Crippen molar-refractivity contribution < 1.29 is 14.3 Å². The predicted molar refractivity (Wildman–Crippen MR) is 87.3 cm³/mol. The molecule has 120 valence electrons. The van der Waals surface area contributed by atoms with Crippen LogP contribution in [0, 0.1) is 0 Å². The van der Waals surface area contributed by atoms with Crippen LogP contribution in [0.3, 0.4) is 0 Å². The normalized spacial score (nSPS) is 13.7. The number of carbonyl (C=O) groups excluding carboxylic acids is 2. The maximum Gasteiger partial charge on any atom is 0.341 e. The highest BCUT2D eigenvalue weighted by Crippen LogP contribution is 2.46. The average molecular weight is 332 g/mol. The summed E-state index contributed by atoms with van der Waals surface area (Å²) >= 11 is 1.30. The Morgan fingerprint density at radius 3 is 2.74 bits per heavy atom. The number of esters is 1. The summed E-state index contributed by atoms with van der Waals surface area (Å²) in [6.07, 6.45) is 3.62. The van der Waals surface area contributed by atoms with Crippen LogP contribution in [-0.2, 0) is 11.8 Å². The number of aromatic nitrogens is 1. The predicted octanol–water partition coefficient (Wildman–Crippen LogP) is 2.36. The Kier molecular flexibility index (Phi) is 4.04. The summed E-state index contributed by atoms with van der Waals surface area (Å²) in [5, 5.41) is 5.08. The first-order valence-electron chi connectivity index (χ1n) is 7.19. The lowest BCUT2D eigenvalue weighted by molar-refractivity contribution is 0.0601. The van der Waals surface area contributed by atoms with Gasteiger partial charge in [-0.05, 0) is 35.8 Å². The summed E-state index contributed by atoms with van der Waals surface area (Å²) in [6.45, 7) is 0. The molecule has 3 rings (SSSR count). The lowest BCUT2D eigenvalue weighted by Gasteiger charge is -2.07. The van der Waals surface area contributed by atoms with Crippen molar-refractivity contribution in [3.63, 3.8) is 0 Å². The molecule has 1 amide bonds. The van der Waals surface area contributed by atoms with Crippen LogP contribution in [0.5, 0.6) is 0 Å². The van der Waals surface area contributed by atoms with Crippen LogP contribution in [0.25, 0.3) is 0 Å². The van der Waals surface area contributed by atoms with E-state index in [1.165, 1.54) is 35.3 Å². The molecule has 0 aliphatic heterocycles. The molecular formula is C16H16N2O4S. The van der Waals surface area contributed by atoms with E-state index in [2.05, 4.69) is 5.32 Å². The third-order valence-corrected chi connectivity index (χ3v) is 4.73. The number of ether oxygens (including phenoxy) is 1. The quantitative estimate of drug-likeness (QED) is 0.872. The number of anilines is 1. The first kappa shape index (κ1) is 15.5. The number of thiophene rings is 1. The Bertz CT molecular complexity index is 833. The highest BCUT2D eigenvalue weighted by Gasteiger charge is 2.32. The summed E-state index contributed by atoms with van der Waals surface area (Å²) in [7, 11) is 2.93. The Morgan fingerprint density at radius 2 is 2.13 bits per heavy atom. The maximum absolute atomic E-state index is 12.3. The lowest BCUT2D eigenvalue weighted by atomic mass is 10.1. The topological polar surface area (TPSA) is 77.4 Å². The van der Waals surface area contributed by atoms with Crippen molar-refractivity contribution in [2.24, 2.45) is 7.05 Å². The second-order valence-electron chi connectivity index (χ2n) is 5.48. The van der Waals surface area contributed by atoms with Crippen molar-refractivity contribution in [3.8, 4) is 0 Å². The molecule has 1 aliphatic rings. The van der Waals surface area contributed by atoms with E-state index in [9.17, 15) is 14.4 Å². The fourth-order valence-electron chi connectivity index (χ4n) is 2.34. The van der Waals surface area contributed by atoms with Gasteiger partial charge >= 0.3 is 5.97 Å². The zero-order chi connectivity index (χ0) is 16.6. The fraction of sp³-hybridized carbons (Fsp3) is 0.312. The van der Waals surface area contributed by atoms with Crippen molar-refractivity contribution in [1.29, 1.82) is 0 Å². The van der Waals surface area contributed by atoms with Crippen LogP contribution in [0.4, 0.5) is 5.00 Å². The molecule has 2 aromatic rings. The van der Waals surface area contributed by atoms with Crippen LogP contribution < -0.4 is 10.9 Å². The average Bonchev–Trinajstić information content (AvgIpc) is 3.30. The summed E-state index contributed by atoms with van der Waals surface area (Å²) in [5.41, 5.74) is 1.35. The molecule has 23 heavy (non-hydrogen) atoms.